The number of sulfone groups is 1. The van der Waals surface area contributed by atoms with E-state index in [0.717, 1.165) is 5.75 Å². The summed E-state index contributed by atoms with van der Waals surface area (Å²) in [4.78, 5) is 18.4. The second-order valence-corrected chi connectivity index (χ2v) is 8.34. The monoisotopic (exact) mass is 329 g/mol. The Bertz CT molecular complexity index is 646. The first-order chi connectivity index (χ1) is 9.82. The van der Waals surface area contributed by atoms with Crippen LogP contribution in [0.2, 0.25) is 0 Å². The number of anilines is 1. The van der Waals surface area contributed by atoms with Crippen LogP contribution in [0, 0.1) is 6.92 Å². The number of nitrogens with one attached hydrogen (secondary N) is 1. The largest absolute Gasteiger partial charge is 0.373 e. The number of amides is 1. The zero-order valence-electron chi connectivity index (χ0n) is 12.3. The van der Waals surface area contributed by atoms with E-state index in [1.807, 2.05) is 0 Å². The number of aryl methyl sites for hydroxylation is 1. The summed E-state index contributed by atoms with van der Waals surface area (Å²) in [5, 5.41) is 2.15. The van der Waals surface area contributed by atoms with Gasteiger partial charge in [0, 0.05) is 42.6 Å². The van der Waals surface area contributed by atoms with Gasteiger partial charge in [0.2, 0.25) is 0 Å². The summed E-state index contributed by atoms with van der Waals surface area (Å²) in [6.07, 6.45) is 1.18. The normalized spacial score (nSPS) is 19.4. The van der Waals surface area contributed by atoms with Crippen molar-refractivity contribution in [1.29, 1.82) is 0 Å². The Morgan fingerprint density at radius 2 is 2.19 bits per heavy atom. The standard InChI is InChI=1S/C13H19N3O3S2/c1-9-6-10(7-11(14-2)15-9)13(17)16-4-5-20-8-12(16)21(3,18)19/h6-7,12H,4-5,8H2,1-3H3,(H,14,15). The molecule has 1 amide bonds. The van der Waals surface area contributed by atoms with Gasteiger partial charge in [-0.05, 0) is 19.1 Å². The zero-order valence-corrected chi connectivity index (χ0v) is 13.9. The Morgan fingerprint density at radius 3 is 2.81 bits per heavy atom. The molecule has 0 aliphatic carbocycles. The first kappa shape index (κ1) is 16.1. The van der Waals surface area contributed by atoms with E-state index in [1.165, 1.54) is 11.2 Å². The minimum Gasteiger partial charge on any atom is -0.373 e. The van der Waals surface area contributed by atoms with Crippen molar-refractivity contribution in [3.63, 3.8) is 0 Å². The number of hydrogen-bond donors (Lipinski definition) is 1. The summed E-state index contributed by atoms with van der Waals surface area (Å²) in [7, 11) is -1.57. The van der Waals surface area contributed by atoms with Gasteiger partial charge < -0.3 is 10.2 Å². The molecule has 0 radical (unpaired) electrons. The Kier molecular flexibility index (Phi) is 4.77. The van der Waals surface area contributed by atoms with Gasteiger partial charge in [-0.15, -0.1) is 0 Å². The molecule has 1 aromatic heterocycles. The number of carbonyl (C=O) groups excluding carboxylic acids is 1. The highest BCUT2D eigenvalue weighted by Gasteiger charge is 2.34. The summed E-state index contributed by atoms with van der Waals surface area (Å²) >= 11 is 1.56. The molecule has 1 aliphatic heterocycles. The molecule has 8 heteroatoms. The van der Waals surface area contributed by atoms with Crippen LogP contribution in [0.25, 0.3) is 0 Å². The van der Waals surface area contributed by atoms with E-state index in [4.69, 9.17) is 0 Å². The molecule has 0 spiro atoms. The van der Waals surface area contributed by atoms with Crippen LogP contribution in [-0.4, -0.2) is 60.9 Å². The summed E-state index contributed by atoms with van der Waals surface area (Å²) in [6, 6.07) is 3.33. The Hall–Kier alpha value is -1.28. The van der Waals surface area contributed by atoms with Crippen molar-refractivity contribution < 1.29 is 13.2 Å². The fourth-order valence-corrected chi connectivity index (χ4v) is 5.07. The zero-order chi connectivity index (χ0) is 15.6. The third kappa shape index (κ3) is 3.68. The van der Waals surface area contributed by atoms with E-state index in [-0.39, 0.29) is 5.91 Å². The highest BCUT2D eigenvalue weighted by Crippen LogP contribution is 2.23. The molecule has 6 nitrogen and oxygen atoms in total. The maximum Gasteiger partial charge on any atom is 0.255 e. The number of nitrogens with zero attached hydrogens (tertiary/aromatic N) is 2. The lowest BCUT2D eigenvalue weighted by atomic mass is 10.2. The van der Waals surface area contributed by atoms with Gasteiger partial charge >= 0.3 is 0 Å². The highest BCUT2D eigenvalue weighted by molar-refractivity contribution is 8.00. The average Bonchev–Trinajstić information content (AvgIpc) is 2.45. The SMILES string of the molecule is CNc1cc(C(=O)N2CCSCC2S(C)(=O)=O)cc(C)n1. The number of hydrogen-bond acceptors (Lipinski definition) is 6. The van der Waals surface area contributed by atoms with Crippen molar-refractivity contribution in [3.05, 3.63) is 23.4 Å². The van der Waals surface area contributed by atoms with Crippen molar-refractivity contribution in [1.82, 2.24) is 9.88 Å². The van der Waals surface area contributed by atoms with Crippen molar-refractivity contribution in [2.24, 2.45) is 0 Å². The molecule has 0 saturated carbocycles. The van der Waals surface area contributed by atoms with Gasteiger partial charge in [0.25, 0.3) is 5.91 Å². The predicted octanol–water partition coefficient (Wildman–Crippen LogP) is 0.991. The van der Waals surface area contributed by atoms with Crippen LogP contribution in [0.3, 0.4) is 0 Å². The Labute approximate surface area is 129 Å². The molecule has 116 valence electrons. The van der Waals surface area contributed by atoms with Crippen LogP contribution < -0.4 is 5.32 Å². The number of aromatic nitrogens is 1. The summed E-state index contributed by atoms with van der Waals surface area (Å²) in [6.45, 7) is 2.25. The van der Waals surface area contributed by atoms with Crippen molar-refractivity contribution >= 4 is 33.3 Å². The maximum absolute atomic E-state index is 12.7. The third-order valence-electron chi connectivity index (χ3n) is 3.30. The molecule has 1 fully saturated rings. The van der Waals surface area contributed by atoms with E-state index in [0.29, 0.717) is 29.4 Å². The molecule has 1 aliphatic rings. The topological polar surface area (TPSA) is 79.4 Å². The molecule has 0 aromatic carbocycles. The molecule has 0 bridgehead atoms. The van der Waals surface area contributed by atoms with Crippen LogP contribution in [0.1, 0.15) is 16.1 Å². The molecule has 1 N–H and O–H groups in total. The average molecular weight is 329 g/mol. The van der Waals surface area contributed by atoms with Crippen molar-refractivity contribution in [3.8, 4) is 0 Å². The van der Waals surface area contributed by atoms with E-state index in [1.54, 1.807) is 37.9 Å². The summed E-state index contributed by atoms with van der Waals surface area (Å²) < 4.78 is 23.8. The van der Waals surface area contributed by atoms with E-state index < -0.39 is 15.2 Å². The lowest BCUT2D eigenvalue weighted by Crippen LogP contribution is -2.49. The van der Waals surface area contributed by atoms with Gasteiger partial charge in [-0.25, -0.2) is 13.4 Å². The Balaban J connectivity index is 2.35. The van der Waals surface area contributed by atoms with Gasteiger partial charge in [0.1, 0.15) is 11.2 Å². The molecule has 21 heavy (non-hydrogen) atoms. The van der Waals surface area contributed by atoms with Crippen molar-refractivity contribution in [2.45, 2.75) is 12.3 Å². The van der Waals surface area contributed by atoms with Gasteiger partial charge in [0.15, 0.2) is 9.84 Å². The first-order valence-corrected chi connectivity index (χ1v) is 9.68. The maximum atomic E-state index is 12.7. The molecular formula is C13H19N3O3S2. The number of rotatable bonds is 3. The molecule has 1 saturated heterocycles. The minimum atomic E-state index is -3.30. The lowest BCUT2D eigenvalue weighted by molar-refractivity contribution is 0.0749. The highest BCUT2D eigenvalue weighted by atomic mass is 32.2. The Morgan fingerprint density at radius 1 is 1.48 bits per heavy atom. The summed E-state index contributed by atoms with van der Waals surface area (Å²) in [5.74, 6) is 1.52. The van der Waals surface area contributed by atoms with E-state index in [9.17, 15) is 13.2 Å². The molecule has 1 aromatic rings. The number of carbonyl (C=O) groups is 1. The van der Waals surface area contributed by atoms with Gasteiger partial charge in [-0.2, -0.15) is 11.8 Å². The van der Waals surface area contributed by atoms with Gasteiger partial charge in [-0.1, -0.05) is 0 Å². The van der Waals surface area contributed by atoms with Crippen molar-refractivity contribution in [2.75, 3.05) is 36.7 Å². The van der Waals surface area contributed by atoms with E-state index >= 15 is 0 Å². The fraction of sp³-hybridized carbons (Fsp3) is 0.538. The summed E-state index contributed by atoms with van der Waals surface area (Å²) in [5.41, 5.74) is 1.18. The lowest BCUT2D eigenvalue weighted by Gasteiger charge is -2.34. The predicted molar refractivity (Wildman–Crippen MR) is 85.5 cm³/mol. The van der Waals surface area contributed by atoms with Crippen LogP contribution in [0.5, 0.6) is 0 Å². The van der Waals surface area contributed by atoms with Gasteiger partial charge in [-0.3, -0.25) is 4.79 Å². The van der Waals surface area contributed by atoms with Crippen LogP contribution in [0.15, 0.2) is 12.1 Å². The number of thioether (sulfide) groups is 1. The molecular weight excluding hydrogens is 310 g/mol. The third-order valence-corrected chi connectivity index (χ3v) is 5.94. The smallest absolute Gasteiger partial charge is 0.255 e. The minimum absolute atomic E-state index is 0.257. The molecule has 1 atom stereocenters. The van der Waals surface area contributed by atoms with Crippen LogP contribution in [0.4, 0.5) is 5.82 Å². The first-order valence-electron chi connectivity index (χ1n) is 6.57. The molecule has 1 unspecified atom stereocenters. The fourth-order valence-electron chi connectivity index (χ4n) is 2.25. The van der Waals surface area contributed by atoms with E-state index in [2.05, 4.69) is 10.3 Å². The molecule has 2 rings (SSSR count). The molecule has 2 heterocycles. The number of pyridine rings is 1. The van der Waals surface area contributed by atoms with Gasteiger partial charge in [0.05, 0.1) is 0 Å². The quantitative estimate of drug-likeness (QED) is 0.891. The van der Waals surface area contributed by atoms with Crippen LogP contribution in [-0.2, 0) is 9.84 Å². The van der Waals surface area contributed by atoms with Crippen LogP contribution >= 0.6 is 11.8 Å². The second kappa shape index (κ2) is 6.23. The second-order valence-electron chi connectivity index (χ2n) is 4.99.